The molecule has 3 aromatic rings. The molecule has 2 aliphatic heterocycles. The van der Waals surface area contributed by atoms with E-state index in [1.807, 2.05) is 46.9 Å². The summed E-state index contributed by atoms with van der Waals surface area (Å²) in [5.74, 6) is -3.73. The zero-order valence-electron chi connectivity index (χ0n) is 36.3. The molecule has 4 heterocycles. The fourth-order valence-corrected chi connectivity index (χ4v) is 10.5. The van der Waals surface area contributed by atoms with Gasteiger partial charge in [-0.05, 0) is 74.8 Å². The van der Waals surface area contributed by atoms with Crippen LogP contribution in [0.3, 0.4) is 0 Å². The molecule has 2 aromatic heterocycles. The van der Waals surface area contributed by atoms with Gasteiger partial charge < -0.3 is 45.5 Å². The fraction of sp³-hybridized carbons (Fsp3) is 0.636. The number of benzene rings is 1. The highest BCUT2D eigenvalue weighted by molar-refractivity contribution is 7.14. The minimum absolute atomic E-state index is 0.0114. The SMILES string of the molecule is CC[C@@H]1C[C@]1(NC(=O)[C@@H]1C[C@@H](Oc2cc(-c3csc(NC(C)C)n3)nc3c(Cl)c(OC[C@@H]4CC(F)(F)CN4)ccc23)CN1C(=O)[C@@H](NC(=O)O[C@@H]1C[C@@H]2C[C@@H]2C1)C(C)(C)C)C(=O)O. The predicted molar refractivity (Wildman–Crippen MR) is 232 cm³/mol. The minimum atomic E-state index is -2.83. The van der Waals surface area contributed by atoms with Crippen LogP contribution in [0.5, 0.6) is 11.5 Å². The van der Waals surface area contributed by atoms with E-state index in [4.69, 9.17) is 35.8 Å². The Bertz CT molecular complexity index is 2270. The van der Waals surface area contributed by atoms with Gasteiger partial charge in [-0.1, -0.05) is 45.7 Å². The Morgan fingerprint density at radius 2 is 1.79 bits per heavy atom. The van der Waals surface area contributed by atoms with Crippen molar-refractivity contribution in [2.75, 3.05) is 25.0 Å². The van der Waals surface area contributed by atoms with Gasteiger partial charge in [-0.25, -0.2) is 28.3 Å². The third kappa shape index (κ3) is 9.63. The van der Waals surface area contributed by atoms with Gasteiger partial charge in [0.2, 0.25) is 11.8 Å². The molecule has 15 nitrogen and oxygen atoms in total. The van der Waals surface area contributed by atoms with Crippen molar-refractivity contribution in [3.8, 4) is 22.9 Å². The highest BCUT2D eigenvalue weighted by atomic mass is 35.5. The number of amides is 3. The second kappa shape index (κ2) is 17.1. The van der Waals surface area contributed by atoms with Crippen LogP contribution in [0.25, 0.3) is 22.3 Å². The lowest BCUT2D eigenvalue weighted by molar-refractivity contribution is -0.146. The van der Waals surface area contributed by atoms with Crippen LogP contribution in [-0.2, 0) is 19.1 Å². The first-order valence-corrected chi connectivity index (χ1v) is 23.1. The number of nitrogens with zero attached hydrogens (tertiary/aromatic N) is 3. The number of nitrogens with one attached hydrogen (secondary N) is 4. The zero-order valence-corrected chi connectivity index (χ0v) is 37.8. The molecule has 8 rings (SSSR count). The molecule has 5 aliphatic rings. The van der Waals surface area contributed by atoms with Crippen LogP contribution >= 0.6 is 22.9 Å². The van der Waals surface area contributed by atoms with E-state index in [0.717, 1.165) is 19.3 Å². The number of aliphatic carboxylic acids is 1. The summed E-state index contributed by atoms with van der Waals surface area (Å²) in [7, 11) is 0. The van der Waals surface area contributed by atoms with Crippen molar-refractivity contribution in [2.24, 2.45) is 23.2 Å². The van der Waals surface area contributed by atoms with Crippen LogP contribution < -0.4 is 30.7 Å². The fourth-order valence-electron chi connectivity index (χ4n) is 9.38. The number of ether oxygens (including phenoxy) is 3. The molecular weight excluding hydrogens is 860 g/mol. The van der Waals surface area contributed by atoms with Crippen molar-refractivity contribution in [1.29, 1.82) is 0 Å². The van der Waals surface area contributed by atoms with E-state index in [9.17, 15) is 33.1 Å². The highest BCUT2D eigenvalue weighted by Gasteiger charge is 2.61. The summed E-state index contributed by atoms with van der Waals surface area (Å²) >= 11 is 8.38. The summed E-state index contributed by atoms with van der Waals surface area (Å²) in [5.41, 5.74) is -1.07. The number of pyridine rings is 1. The number of hydrogen-bond acceptors (Lipinski definition) is 12. The van der Waals surface area contributed by atoms with Gasteiger partial charge in [-0.15, -0.1) is 11.3 Å². The van der Waals surface area contributed by atoms with E-state index in [2.05, 4.69) is 21.3 Å². The van der Waals surface area contributed by atoms with Gasteiger partial charge in [0.05, 0.1) is 24.3 Å². The minimum Gasteiger partial charge on any atom is -0.490 e. The first kappa shape index (κ1) is 45.0. The number of carbonyl (C=O) groups excluding carboxylic acids is 3. The molecule has 0 unspecified atom stereocenters. The number of hydrogen-bond donors (Lipinski definition) is 5. The van der Waals surface area contributed by atoms with Crippen molar-refractivity contribution < 1.29 is 47.3 Å². The number of thiazole rings is 1. The molecule has 63 heavy (non-hydrogen) atoms. The Kier molecular flexibility index (Phi) is 12.2. The number of rotatable bonds is 15. The van der Waals surface area contributed by atoms with E-state index < -0.39 is 71.5 Å². The van der Waals surface area contributed by atoms with Gasteiger partial charge in [-0.2, -0.15) is 0 Å². The zero-order chi connectivity index (χ0) is 45.2. The van der Waals surface area contributed by atoms with E-state index in [0.29, 0.717) is 45.9 Å². The predicted octanol–water partition coefficient (Wildman–Crippen LogP) is 6.87. The largest absolute Gasteiger partial charge is 0.490 e. The van der Waals surface area contributed by atoms with Gasteiger partial charge in [0.1, 0.15) is 58.7 Å². The molecule has 0 radical (unpaired) electrons. The monoisotopic (exact) mass is 915 g/mol. The Balaban J connectivity index is 1.10. The number of likely N-dealkylation sites (tertiary alicyclic amines) is 1. The average Bonchev–Trinajstić information content (AvgIpc) is 3.74. The number of carboxylic acid groups (broad SMARTS) is 1. The maximum Gasteiger partial charge on any atom is 0.408 e. The molecule has 0 spiro atoms. The number of aromatic nitrogens is 2. The smallest absolute Gasteiger partial charge is 0.408 e. The van der Waals surface area contributed by atoms with Crippen molar-refractivity contribution >= 4 is 62.8 Å². The number of carbonyl (C=O) groups is 4. The van der Waals surface area contributed by atoms with Gasteiger partial charge in [0.25, 0.3) is 5.92 Å². The van der Waals surface area contributed by atoms with Crippen LogP contribution in [0.1, 0.15) is 86.5 Å². The van der Waals surface area contributed by atoms with E-state index in [1.54, 1.807) is 18.2 Å². The van der Waals surface area contributed by atoms with Crippen molar-refractivity contribution in [1.82, 2.24) is 30.8 Å². The highest BCUT2D eigenvalue weighted by Crippen LogP contribution is 2.52. The third-order valence-electron chi connectivity index (χ3n) is 13.0. The Hall–Kier alpha value is -4.55. The lowest BCUT2D eigenvalue weighted by atomic mass is 9.85. The molecule has 342 valence electrons. The molecule has 5 N–H and O–H groups in total. The maximum atomic E-state index is 14.8. The Morgan fingerprint density at radius 3 is 2.43 bits per heavy atom. The van der Waals surface area contributed by atoms with Gasteiger partial charge in [0, 0.05) is 41.8 Å². The van der Waals surface area contributed by atoms with Crippen LogP contribution in [0.2, 0.25) is 5.02 Å². The van der Waals surface area contributed by atoms with Crippen molar-refractivity contribution in [3.63, 3.8) is 0 Å². The van der Waals surface area contributed by atoms with Crippen LogP contribution in [0.4, 0.5) is 18.7 Å². The van der Waals surface area contributed by atoms with Gasteiger partial charge >= 0.3 is 12.1 Å². The molecule has 5 fully saturated rings. The molecule has 3 amide bonds. The van der Waals surface area contributed by atoms with Gasteiger partial charge in [0.15, 0.2) is 5.13 Å². The maximum absolute atomic E-state index is 14.8. The number of alkyl halides is 2. The standard InChI is InChI=1S/C44H56ClF2N7O8S/c1-7-24-15-44(24,39(57)58)53-37(55)31-13-27(17-54(31)38(56)36(42(4,5)6)52-41(59)62-26-11-22-10-23(22)12-26)61-33-14-29(30-19-63-40(51-30)49-21(2)3)50-35-28(33)8-9-32(34(35)45)60-18-25-16-43(46,47)20-48-25/h8-9,14,19,21-27,31,36,48H,7,10-13,15-18,20H2,1-6H3,(H,49,51)(H,52,59)(H,53,55)(H,57,58)/t22-,23+,24-,25+,26+,27-,31+,36-,44-/m1/s1. The lowest BCUT2D eigenvalue weighted by Crippen LogP contribution is -2.59. The number of fused-ring (bicyclic) bond motifs is 2. The number of halogens is 3. The lowest BCUT2D eigenvalue weighted by Gasteiger charge is -2.35. The van der Waals surface area contributed by atoms with E-state index in [-0.39, 0.29) is 66.8 Å². The number of anilines is 1. The first-order chi connectivity index (χ1) is 29.7. The summed E-state index contributed by atoms with van der Waals surface area (Å²) in [6.07, 6.45) is 1.43. The second-order valence-electron chi connectivity index (χ2n) is 19.3. The van der Waals surface area contributed by atoms with Crippen LogP contribution in [-0.4, -0.2) is 111 Å². The quantitative estimate of drug-likeness (QED) is 0.107. The molecule has 9 atom stereocenters. The average molecular weight is 916 g/mol. The summed E-state index contributed by atoms with van der Waals surface area (Å²) in [5, 5.41) is 25.0. The molecule has 3 aliphatic carbocycles. The van der Waals surface area contributed by atoms with Gasteiger partial charge in [-0.3, -0.25) is 9.59 Å². The number of alkyl carbamates (subject to hydrolysis) is 1. The Morgan fingerprint density at radius 1 is 1.05 bits per heavy atom. The summed E-state index contributed by atoms with van der Waals surface area (Å²) in [4.78, 5) is 65.9. The third-order valence-corrected chi connectivity index (χ3v) is 14.1. The normalized spacial score (nSPS) is 28.7. The second-order valence-corrected chi connectivity index (χ2v) is 20.6. The topological polar surface area (TPSA) is 193 Å². The molecule has 19 heteroatoms. The van der Waals surface area contributed by atoms with Crippen LogP contribution in [0.15, 0.2) is 23.6 Å². The molecule has 2 saturated heterocycles. The first-order valence-electron chi connectivity index (χ1n) is 21.8. The number of carboxylic acids is 1. The van der Waals surface area contributed by atoms with Crippen LogP contribution in [0, 0.1) is 23.2 Å². The molecule has 0 bridgehead atoms. The van der Waals surface area contributed by atoms with E-state index >= 15 is 0 Å². The molecule has 3 saturated carbocycles. The summed E-state index contributed by atoms with van der Waals surface area (Å²) < 4.78 is 46.3. The van der Waals surface area contributed by atoms with Crippen molar-refractivity contribution in [2.45, 2.75) is 134 Å². The van der Waals surface area contributed by atoms with Crippen molar-refractivity contribution in [3.05, 3.63) is 28.6 Å². The molecule has 1 aromatic carbocycles. The summed E-state index contributed by atoms with van der Waals surface area (Å²) in [6, 6.07) is 2.28. The Labute approximate surface area is 373 Å². The summed E-state index contributed by atoms with van der Waals surface area (Å²) in [6.45, 7) is 10.7. The molecular formula is C44H56ClF2N7O8S. The van der Waals surface area contributed by atoms with E-state index in [1.165, 1.54) is 16.2 Å².